The molecule has 1 aromatic rings. The minimum Gasteiger partial charge on any atom is -0.430 e. The molecule has 1 unspecified atom stereocenters. The molecule has 0 aromatic heterocycles. The first-order valence-corrected chi connectivity index (χ1v) is 4.24. The van der Waals surface area contributed by atoms with Crippen LogP contribution in [0.5, 0.6) is 0 Å². The largest absolute Gasteiger partial charge is 0.509 e. The van der Waals surface area contributed by atoms with Crippen LogP contribution in [0.3, 0.4) is 0 Å². The molecule has 15 heavy (non-hydrogen) atoms. The van der Waals surface area contributed by atoms with Gasteiger partial charge >= 0.3 is 6.16 Å². The van der Waals surface area contributed by atoms with E-state index in [4.69, 9.17) is 4.74 Å². The van der Waals surface area contributed by atoms with Crippen molar-refractivity contribution in [2.24, 2.45) is 0 Å². The molecule has 1 aromatic carbocycles. The third-order valence-electron chi connectivity index (χ3n) is 2.07. The number of nitrogens with zero attached hydrogens (tertiary/aromatic N) is 1. The van der Waals surface area contributed by atoms with Gasteiger partial charge in [-0.15, -0.1) is 0 Å². The fraction of sp³-hybridized carbons (Fsp3) is 0.222. The second-order valence-electron chi connectivity index (χ2n) is 3.02. The van der Waals surface area contributed by atoms with Gasteiger partial charge in [-0.3, -0.25) is 10.1 Å². The van der Waals surface area contributed by atoms with E-state index in [1.165, 1.54) is 12.1 Å². The lowest BCUT2D eigenvalue weighted by molar-refractivity contribution is -0.384. The Morgan fingerprint density at radius 1 is 1.33 bits per heavy atom. The third-order valence-corrected chi connectivity index (χ3v) is 2.07. The molecule has 0 aliphatic carbocycles. The number of ether oxygens (including phenoxy) is 2. The summed E-state index contributed by atoms with van der Waals surface area (Å²) in [5, 5.41) is 10.4. The van der Waals surface area contributed by atoms with Gasteiger partial charge in [0.05, 0.1) is 4.92 Å². The summed E-state index contributed by atoms with van der Waals surface area (Å²) in [6.07, 6.45) is -1.17. The predicted octanol–water partition coefficient (Wildman–Crippen LogP) is 1.80. The summed E-state index contributed by atoms with van der Waals surface area (Å²) in [4.78, 5) is 20.5. The van der Waals surface area contributed by atoms with E-state index in [1.807, 2.05) is 0 Å². The summed E-state index contributed by atoms with van der Waals surface area (Å²) >= 11 is 0. The minimum absolute atomic E-state index is 0.00370. The van der Waals surface area contributed by atoms with Gasteiger partial charge in [-0.25, -0.2) is 4.79 Å². The van der Waals surface area contributed by atoms with Crippen molar-refractivity contribution in [3.05, 3.63) is 39.9 Å². The average Bonchev–Trinajstić information content (AvgIpc) is 2.65. The van der Waals surface area contributed by atoms with Crippen molar-refractivity contribution in [2.45, 2.75) is 6.10 Å². The van der Waals surface area contributed by atoms with Crippen LogP contribution in [0.2, 0.25) is 0 Å². The van der Waals surface area contributed by atoms with E-state index < -0.39 is 17.2 Å². The highest BCUT2D eigenvalue weighted by atomic mass is 16.8. The highest BCUT2D eigenvalue weighted by Crippen LogP contribution is 2.25. The predicted molar refractivity (Wildman–Crippen MR) is 48.3 cm³/mol. The lowest BCUT2D eigenvalue weighted by atomic mass is 10.1. The zero-order valence-corrected chi connectivity index (χ0v) is 7.58. The van der Waals surface area contributed by atoms with Crippen LogP contribution in [-0.2, 0) is 9.47 Å². The SMILES string of the molecule is O=C1OCC(c2ccc([N+](=O)[O-])cc2)O1. The van der Waals surface area contributed by atoms with Crippen LogP contribution in [0.1, 0.15) is 11.7 Å². The van der Waals surface area contributed by atoms with Crippen LogP contribution in [0, 0.1) is 10.1 Å². The van der Waals surface area contributed by atoms with Crippen molar-refractivity contribution >= 4 is 11.8 Å². The van der Waals surface area contributed by atoms with Crippen LogP contribution >= 0.6 is 0 Å². The topological polar surface area (TPSA) is 78.7 Å². The Labute approximate surface area is 84.6 Å². The second-order valence-corrected chi connectivity index (χ2v) is 3.02. The molecule has 1 heterocycles. The van der Waals surface area contributed by atoms with E-state index in [9.17, 15) is 14.9 Å². The Hall–Kier alpha value is -2.11. The first-order chi connectivity index (χ1) is 7.16. The molecular weight excluding hydrogens is 202 g/mol. The molecule has 0 amide bonds. The van der Waals surface area contributed by atoms with Crippen LogP contribution in [0.25, 0.3) is 0 Å². The number of nitro benzene ring substituents is 1. The minimum atomic E-state index is -0.710. The Bertz CT molecular complexity index is 399. The maximum absolute atomic E-state index is 10.6. The fourth-order valence-corrected chi connectivity index (χ4v) is 1.30. The van der Waals surface area contributed by atoms with Crippen molar-refractivity contribution in [3.63, 3.8) is 0 Å². The summed E-state index contributed by atoms with van der Waals surface area (Å²) in [5.74, 6) is 0. The van der Waals surface area contributed by atoms with E-state index in [1.54, 1.807) is 12.1 Å². The quantitative estimate of drug-likeness (QED) is 0.421. The third kappa shape index (κ3) is 1.88. The van der Waals surface area contributed by atoms with E-state index in [0.29, 0.717) is 5.56 Å². The van der Waals surface area contributed by atoms with Gasteiger partial charge in [-0.2, -0.15) is 0 Å². The van der Waals surface area contributed by atoms with Gasteiger partial charge in [-0.1, -0.05) is 0 Å². The summed E-state index contributed by atoms with van der Waals surface area (Å²) in [5.41, 5.74) is 0.690. The summed E-state index contributed by atoms with van der Waals surface area (Å²) in [7, 11) is 0. The number of non-ortho nitro benzene ring substituents is 1. The van der Waals surface area contributed by atoms with Crippen LogP contribution in [0.15, 0.2) is 24.3 Å². The van der Waals surface area contributed by atoms with E-state index in [2.05, 4.69) is 4.74 Å². The molecule has 2 rings (SSSR count). The highest BCUT2D eigenvalue weighted by molar-refractivity contribution is 5.62. The molecule has 0 N–H and O–H groups in total. The van der Waals surface area contributed by atoms with Crippen molar-refractivity contribution in [2.75, 3.05) is 6.61 Å². The van der Waals surface area contributed by atoms with Crippen LogP contribution < -0.4 is 0 Å². The van der Waals surface area contributed by atoms with Gasteiger partial charge in [0.1, 0.15) is 6.61 Å². The number of carbonyl (C=O) groups excluding carboxylic acids is 1. The molecule has 1 atom stereocenters. The number of nitro groups is 1. The molecule has 1 saturated heterocycles. The molecule has 0 radical (unpaired) electrons. The molecule has 0 bridgehead atoms. The zero-order chi connectivity index (χ0) is 10.8. The number of cyclic esters (lactones) is 2. The number of hydrogen-bond acceptors (Lipinski definition) is 5. The van der Waals surface area contributed by atoms with Crippen LogP contribution in [-0.4, -0.2) is 17.7 Å². The molecule has 1 fully saturated rings. The fourth-order valence-electron chi connectivity index (χ4n) is 1.30. The van der Waals surface area contributed by atoms with Crippen LogP contribution in [0.4, 0.5) is 10.5 Å². The van der Waals surface area contributed by atoms with Crippen molar-refractivity contribution in [1.82, 2.24) is 0 Å². The van der Waals surface area contributed by atoms with Gasteiger partial charge in [0.15, 0.2) is 6.10 Å². The van der Waals surface area contributed by atoms with E-state index in [-0.39, 0.29) is 12.3 Å². The van der Waals surface area contributed by atoms with Gasteiger partial charge in [0.2, 0.25) is 0 Å². The van der Waals surface area contributed by atoms with Gasteiger partial charge < -0.3 is 9.47 Å². The standard InChI is InChI=1S/C9H7NO5/c11-9-14-5-8(15-9)6-1-3-7(4-2-6)10(12)13/h1-4,8H,5H2. The smallest absolute Gasteiger partial charge is 0.430 e. The lowest BCUT2D eigenvalue weighted by Gasteiger charge is -2.05. The molecule has 6 nitrogen and oxygen atoms in total. The normalized spacial score (nSPS) is 19.5. The molecule has 78 valence electrons. The maximum Gasteiger partial charge on any atom is 0.509 e. The number of benzene rings is 1. The molecule has 1 aliphatic heterocycles. The van der Waals surface area contributed by atoms with E-state index >= 15 is 0 Å². The van der Waals surface area contributed by atoms with Gasteiger partial charge in [0, 0.05) is 12.1 Å². The van der Waals surface area contributed by atoms with Gasteiger partial charge in [0.25, 0.3) is 5.69 Å². The highest BCUT2D eigenvalue weighted by Gasteiger charge is 2.26. The molecule has 0 spiro atoms. The van der Waals surface area contributed by atoms with Crippen molar-refractivity contribution in [3.8, 4) is 0 Å². The Morgan fingerprint density at radius 3 is 2.47 bits per heavy atom. The summed E-state index contributed by atoms with van der Waals surface area (Å²) in [6.45, 7) is 0.149. The number of rotatable bonds is 2. The monoisotopic (exact) mass is 209 g/mol. The maximum atomic E-state index is 10.6. The molecule has 0 saturated carbocycles. The lowest BCUT2D eigenvalue weighted by Crippen LogP contribution is -2.00. The van der Waals surface area contributed by atoms with Crippen molar-refractivity contribution < 1.29 is 19.2 Å². The van der Waals surface area contributed by atoms with E-state index in [0.717, 1.165) is 0 Å². The zero-order valence-electron chi connectivity index (χ0n) is 7.58. The molecular formula is C9H7NO5. The Balaban J connectivity index is 2.17. The average molecular weight is 209 g/mol. The number of hydrogen-bond donors (Lipinski definition) is 0. The molecule has 6 heteroatoms. The van der Waals surface area contributed by atoms with Crippen molar-refractivity contribution in [1.29, 1.82) is 0 Å². The first kappa shape index (κ1) is 9.45. The first-order valence-electron chi connectivity index (χ1n) is 4.24. The summed E-state index contributed by atoms with van der Waals surface area (Å²) in [6, 6.07) is 5.82. The summed E-state index contributed by atoms with van der Waals surface area (Å²) < 4.78 is 9.42. The Kier molecular flexibility index (Phi) is 2.24. The Morgan fingerprint density at radius 2 is 2.00 bits per heavy atom. The second kappa shape index (κ2) is 3.56. The molecule has 1 aliphatic rings. The number of carbonyl (C=O) groups is 1. The van der Waals surface area contributed by atoms with Gasteiger partial charge in [-0.05, 0) is 17.7 Å².